The van der Waals surface area contributed by atoms with Gasteiger partial charge >= 0.3 is 0 Å². The second kappa shape index (κ2) is 4.57. The van der Waals surface area contributed by atoms with Crippen LogP contribution in [0.4, 0.5) is 15.8 Å². The minimum atomic E-state index is -0.458. The van der Waals surface area contributed by atoms with Gasteiger partial charge < -0.3 is 5.32 Å². The molecule has 1 N–H and O–H groups in total. The van der Waals surface area contributed by atoms with Crippen molar-refractivity contribution in [2.75, 3.05) is 11.9 Å². The van der Waals surface area contributed by atoms with Gasteiger partial charge in [-0.1, -0.05) is 0 Å². The van der Waals surface area contributed by atoms with E-state index in [2.05, 4.69) is 5.32 Å². The standard InChI is InChI=1S/C13H14FIN2O2/c14-9-5-11(12(17(18)19)6-10(9)15)16-7-13(3-4-13)8-1-2-8/h5-6,8,16H,1-4,7H2. The van der Waals surface area contributed by atoms with E-state index >= 15 is 0 Å². The average molecular weight is 376 g/mol. The first-order valence-corrected chi connectivity index (χ1v) is 7.47. The van der Waals surface area contributed by atoms with Gasteiger partial charge in [0.25, 0.3) is 5.69 Å². The number of hydrogen-bond donors (Lipinski definition) is 1. The molecule has 3 rings (SSSR count). The maximum Gasteiger partial charge on any atom is 0.293 e. The van der Waals surface area contributed by atoms with Gasteiger partial charge in [0, 0.05) is 18.7 Å². The zero-order chi connectivity index (χ0) is 13.6. The van der Waals surface area contributed by atoms with Gasteiger partial charge in [-0.15, -0.1) is 0 Å². The van der Waals surface area contributed by atoms with Gasteiger partial charge in [0.05, 0.1) is 8.49 Å². The summed E-state index contributed by atoms with van der Waals surface area (Å²) in [6, 6.07) is 2.53. The van der Waals surface area contributed by atoms with Crippen LogP contribution < -0.4 is 5.32 Å². The summed E-state index contributed by atoms with van der Waals surface area (Å²) in [5, 5.41) is 14.1. The summed E-state index contributed by atoms with van der Waals surface area (Å²) >= 11 is 1.77. The van der Waals surface area contributed by atoms with E-state index in [1.165, 1.54) is 37.8 Å². The van der Waals surface area contributed by atoms with Crippen molar-refractivity contribution in [3.8, 4) is 0 Å². The van der Waals surface area contributed by atoms with Crippen LogP contribution in [0.15, 0.2) is 12.1 Å². The molecule has 1 aromatic carbocycles. The van der Waals surface area contributed by atoms with Gasteiger partial charge in [0.15, 0.2) is 0 Å². The number of nitrogens with one attached hydrogen (secondary N) is 1. The Labute approximate surface area is 124 Å². The molecular weight excluding hydrogens is 362 g/mol. The molecule has 0 saturated heterocycles. The van der Waals surface area contributed by atoms with E-state index in [1.807, 2.05) is 0 Å². The molecule has 0 radical (unpaired) electrons. The third kappa shape index (κ3) is 2.54. The van der Waals surface area contributed by atoms with Gasteiger partial charge in [0.2, 0.25) is 0 Å². The zero-order valence-electron chi connectivity index (χ0n) is 10.3. The molecule has 2 saturated carbocycles. The third-order valence-electron chi connectivity index (χ3n) is 4.20. The van der Waals surface area contributed by atoms with Gasteiger partial charge in [-0.05, 0) is 59.6 Å². The van der Waals surface area contributed by atoms with Crippen LogP contribution in [0.1, 0.15) is 25.7 Å². The molecule has 0 heterocycles. The molecule has 2 aliphatic rings. The minimum absolute atomic E-state index is 0.0441. The van der Waals surface area contributed by atoms with Crippen LogP contribution in [0.25, 0.3) is 0 Å². The highest BCUT2D eigenvalue weighted by molar-refractivity contribution is 14.1. The minimum Gasteiger partial charge on any atom is -0.379 e. The Morgan fingerprint density at radius 2 is 2.16 bits per heavy atom. The fraction of sp³-hybridized carbons (Fsp3) is 0.538. The summed E-state index contributed by atoms with van der Waals surface area (Å²) in [6.07, 6.45) is 4.91. The van der Waals surface area contributed by atoms with Gasteiger partial charge in [-0.25, -0.2) is 4.39 Å². The van der Waals surface area contributed by atoms with Crippen molar-refractivity contribution in [1.29, 1.82) is 0 Å². The van der Waals surface area contributed by atoms with Crippen molar-refractivity contribution < 1.29 is 9.31 Å². The number of nitro benzene ring substituents is 1. The Kier molecular flexibility index (Phi) is 3.15. The van der Waals surface area contributed by atoms with Crippen LogP contribution in [0.5, 0.6) is 0 Å². The maximum absolute atomic E-state index is 13.6. The summed E-state index contributed by atoms with van der Waals surface area (Å²) in [5.41, 5.74) is 0.583. The van der Waals surface area contributed by atoms with Gasteiger partial charge in [-0.2, -0.15) is 0 Å². The van der Waals surface area contributed by atoms with Crippen LogP contribution in [0, 0.1) is 30.8 Å². The van der Waals surface area contributed by atoms with Crippen LogP contribution in [0.2, 0.25) is 0 Å². The maximum atomic E-state index is 13.6. The molecule has 6 heteroatoms. The normalized spacial score (nSPS) is 20.1. The molecule has 0 spiro atoms. The molecule has 0 unspecified atom stereocenters. The number of hydrogen-bond acceptors (Lipinski definition) is 3. The lowest BCUT2D eigenvalue weighted by Crippen LogP contribution is -2.18. The quantitative estimate of drug-likeness (QED) is 0.481. The number of nitrogens with zero attached hydrogens (tertiary/aromatic N) is 1. The lowest BCUT2D eigenvalue weighted by molar-refractivity contribution is -0.384. The molecule has 0 bridgehead atoms. The second-order valence-electron chi connectivity index (χ2n) is 5.53. The molecule has 102 valence electrons. The van der Waals surface area contributed by atoms with E-state index in [1.54, 1.807) is 22.6 Å². The highest BCUT2D eigenvalue weighted by Gasteiger charge is 2.53. The van der Waals surface area contributed by atoms with Crippen LogP contribution in [-0.4, -0.2) is 11.5 Å². The van der Waals surface area contributed by atoms with E-state index in [4.69, 9.17) is 0 Å². The van der Waals surface area contributed by atoms with Crippen LogP contribution in [0.3, 0.4) is 0 Å². The topological polar surface area (TPSA) is 55.2 Å². The number of anilines is 1. The Morgan fingerprint density at radius 1 is 1.47 bits per heavy atom. The van der Waals surface area contributed by atoms with E-state index in [9.17, 15) is 14.5 Å². The molecule has 0 aromatic heterocycles. The van der Waals surface area contributed by atoms with Gasteiger partial charge in [0.1, 0.15) is 11.5 Å². The fourth-order valence-corrected chi connectivity index (χ4v) is 3.14. The van der Waals surface area contributed by atoms with Crippen LogP contribution in [-0.2, 0) is 0 Å². The molecular formula is C13H14FIN2O2. The highest BCUT2D eigenvalue weighted by Crippen LogP contribution is 2.61. The summed E-state index contributed by atoms with van der Waals surface area (Å²) in [4.78, 5) is 10.6. The van der Waals surface area contributed by atoms with Gasteiger partial charge in [-0.3, -0.25) is 10.1 Å². The Bertz CT molecular complexity index is 542. The smallest absolute Gasteiger partial charge is 0.293 e. The first-order valence-electron chi connectivity index (χ1n) is 6.39. The lowest BCUT2D eigenvalue weighted by atomic mass is 10.0. The monoisotopic (exact) mass is 376 g/mol. The van der Waals surface area contributed by atoms with Crippen molar-refractivity contribution in [1.82, 2.24) is 0 Å². The number of benzene rings is 1. The first-order chi connectivity index (χ1) is 9.02. The Balaban J connectivity index is 1.79. The molecule has 2 fully saturated rings. The molecule has 0 atom stereocenters. The molecule has 19 heavy (non-hydrogen) atoms. The molecule has 1 aromatic rings. The highest BCUT2D eigenvalue weighted by atomic mass is 127. The molecule has 0 amide bonds. The number of nitro groups is 1. The zero-order valence-corrected chi connectivity index (χ0v) is 12.4. The summed E-state index contributed by atoms with van der Waals surface area (Å²) in [7, 11) is 0. The van der Waals surface area contributed by atoms with Crippen molar-refractivity contribution in [2.45, 2.75) is 25.7 Å². The number of halogens is 2. The second-order valence-corrected chi connectivity index (χ2v) is 6.69. The summed E-state index contributed by atoms with van der Waals surface area (Å²) in [6.45, 7) is 0.721. The lowest BCUT2D eigenvalue weighted by Gasteiger charge is -2.16. The van der Waals surface area contributed by atoms with E-state index in [0.717, 1.165) is 12.5 Å². The Morgan fingerprint density at radius 3 is 2.68 bits per heavy atom. The van der Waals surface area contributed by atoms with Crippen molar-refractivity contribution in [3.63, 3.8) is 0 Å². The first kappa shape index (κ1) is 13.1. The molecule has 0 aliphatic heterocycles. The largest absolute Gasteiger partial charge is 0.379 e. The third-order valence-corrected chi connectivity index (χ3v) is 5.03. The average Bonchev–Trinajstić information content (AvgIpc) is 3.23. The van der Waals surface area contributed by atoms with Crippen molar-refractivity contribution >= 4 is 34.0 Å². The van der Waals surface area contributed by atoms with E-state index < -0.39 is 10.7 Å². The predicted octanol–water partition coefficient (Wildman–Crippen LogP) is 3.94. The Hall–Kier alpha value is -0.920. The molecule has 4 nitrogen and oxygen atoms in total. The predicted molar refractivity (Wildman–Crippen MR) is 78.7 cm³/mol. The molecule has 2 aliphatic carbocycles. The van der Waals surface area contributed by atoms with E-state index in [0.29, 0.717) is 11.1 Å². The number of rotatable bonds is 5. The van der Waals surface area contributed by atoms with Crippen LogP contribution >= 0.6 is 22.6 Å². The SMILES string of the molecule is O=[N+]([O-])c1cc(I)c(F)cc1NCC1(C2CC2)CC1. The fourth-order valence-electron chi connectivity index (χ4n) is 2.69. The summed E-state index contributed by atoms with van der Waals surface area (Å²) < 4.78 is 13.8. The van der Waals surface area contributed by atoms with E-state index in [-0.39, 0.29) is 9.26 Å². The van der Waals surface area contributed by atoms with Crippen molar-refractivity contribution in [3.05, 3.63) is 31.6 Å². The van der Waals surface area contributed by atoms with Crippen molar-refractivity contribution in [2.24, 2.45) is 11.3 Å². The summed E-state index contributed by atoms with van der Waals surface area (Å²) in [5.74, 6) is 0.359.